The van der Waals surface area contributed by atoms with E-state index in [1.807, 2.05) is 42.5 Å². The van der Waals surface area contributed by atoms with Gasteiger partial charge in [-0.15, -0.1) is 0 Å². The molecule has 4 rings (SSSR count). The summed E-state index contributed by atoms with van der Waals surface area (Å²) in [6, 6.07) is 14.9. The number of amides is 1. The van der Waals surface area contributed by atoms with Gasteiger partial charge in [0.2, 0.25) is 5.88 Å². The number of pyridine rings is 1. The Bertz CT molecular complexity index is 949. The number of para-hydroxylation sites is 1. The minimum atomic E-state index is -0.0629. The maximum Gasteiger partial charge on any atom is 0.272 e. The Balaban J connectivity index is 1.45. The van der Waals surface area contributed by atoms with Gasteiger partial charge in [0.05, 0.1) is 25.9 Å². The first-order chi connectivity index (χ1) is 13.2. The molecule has 3 heterocycles. The van der Waals surface area contributed by atoms with Crippen LogP contribution in [-0.4, -0.2) is 51.9 Å². The molecule has 1 amide bonds. The van der Waals surface area contributed by atoms with Crippen molar-refractivity contribution in [3.05, 3.63) is 60.4 Å². The van der Waals surface area contributed by atoms with Crippen LogP contribution in [0.5, 0.6) is 11.6 Å². The SMILES string of the molecule is COc1ccccc1-c1cc(C(=O)N2CC(Oc3ccccn3)C2)n(C)n1. The average molecular weight is 364 g/mol. The van der Waals surface area contributed by atoms with Crippen molar-refractivity contribution in [2.45, 2.75) is 6.10 Å². The van der Waals surface area contributed by atoms with Crippen LogP contribution >= 0.6 is 0 Å². The zero-order valence-electron chi connectivity index (χ0n) is 15.2. The first-order valence-electron chi connectivity index (χ1n) is 8.70. The molecule has 0 aliphatic carbocycles. The van der Waals surface area contributed by atoms with Crippen molar-refractivity contribution in [3.63, 3.8) is 0 Å². The van der Waals surface area contributed by atoms with Gasteiger partial charge in [0.15, 0.2) is 0 Å². The Morgan fingerprint density at radius 2 is 1.93 bits per heavy atom. The molecular weight excluding hydrogens is 344 g/mol. The molecule has 2 aromatic heterocycles. The zero-order valence-corrected chi connectivity index (χ0v) is 15.2. The molecule has 138 valence electrons. The largest absolute Gasteiger partial charge is 0.496 e. The van der Waals surface area contributed by atoms with Crippen molar-refractivity contribution >= 4 is 5.91 Å². The fourth-order valence-corrected chi connectivity index (χ4v) is 3.08. The smallest absolute Gasteiger partial charge is 0.272 e. The number of rotatable bonds is 5. The van der Waals surface area contributed by atoms with E-state index in [1.54, 1.807) is 36.0 Å². The van der Waals surface area contributed by atoms with Gasteiger partial charge in [0, 0.05) is 24.9 Å². The molecule has 7 nitrogen and oxygen atoms in total. The number of nitrogens with zero attached hydrogens (tertiary/aromatic N) is 4. The second kappa shape index (κ2) is 7.11. The third-order valence-corrected chi connectivity index (χ3v) is 4.54. The van der Waals surface area contributed by atoms with Crippen molar-refractivity contribution in [1.29, 1.82) is 0 Å². The highest BCUT2D eigenvalue weighted by Gasteiger charge is 2.34. The Hall–Kier alpha value is -3.35. The topological polar surface area (TPSA) is 69.5 Å². The molecule has 0 radical (unpaired) electrons. The Kier molecular flexibility index (Phi) is 4.50. The number of aryl methyl sites for hydroxylation is 1. The van der Waals surface area contributed by atoms with Gasteiger partial charge < -0.3 is 14.4 Å². The molecule has 0 saturated carbocycles. The fraction of sp³-hybridized carbons (Fsp3) is 0.250. The van der Waals surface area contributed by atoms with Crippen LogP contribution in [0.15, 0.2) is 54.7 Å². The van der Waals surface area contributed by atoms with Crippen molar-refractivity contribution in [3.8, 4) is 22.9 Å². The van der Waals surface area contributed by atoms with E-state index in [0.717, 1.165) is 11.3 Å². The van der Waals surface area contributed by atoms with E-state index in [0.29, 0.717) is 30.4 Å². The normalized spacial score (nSPS) is 13.9. The molecule has 3 aromatic rings. The highest BCUT2D eigenvalue weighted by Crippen LogP contribution is 2.29. The summed E-state index contributed by atoms with van der Waals surface area (Å²) in [6.45, 7) is 1.06. The quantitative estimate of drug-likeness (QED) is 0.695. The summed E-state index contributed by atoms with van der Waals surface area (Å²) in [5, 5.41) is 4.49. The number of carbonyl (C=O) groups excluding carboxylic acids is 1. The van der Waals surface area contributed by atoms with E-state index < -0.39 is 0 Å². The van der Waals surface area contributed by atoms with Crippen LogP contribution in [0.4, 0.5) is 0 Å². The molecule has 1 saturated heterocycles. The monoisotopic (exact) mass is 364 g/mol. The van der Waals surface area contributed by atoms with Crippen LogP contribution in [-0.2, 0) is 7.05 Å². The summed E-state index contributed by atoms with van der Waals surface area (Å²) in [7, 11) is 3.39. The number of methoxy groups -OCH3 is 1. The van der Waals surface area contributed by atoms with Crippen molar-refractivity contribution < 1.29 is 14.3 Å². The third-order valence-electron chi connectivity index (χ3n) is 4.54. The molecule has 27 heavy (non-hydrogen) atoms. The number of aromatic nitrogens is 3. The van der Waals surface area contributed by atoms with Gasteiger partial charge in [0.1, 0.15) is 17.5 Å². The lowest BCUT2D eigenvalue weighted by molar-refractivity contribution is 0.0152. The van der Waals surface area contributed by atoms with Crippen LogP contribution in [0.25, 0.3) is 11.3 Å². The summed E-state index contributed by atoms with van der Waals surface area (Å²) in [6.07, 6.45) is 1.65. The Morgan fingerprint density at radius 1 is 1.15 bits per heavy atom. The van der Waals surface area contributed by atoms with Gasteiger partial charge in [-0.25, -0.2) is 4.98 Å². The second-order valence-corrected chi connectivity index (χ2v) is 6.36. The lowest BCUT2D eigenvalue weighted by Gasteiger charge is -2.38. The lowest BCUT2D eigenvalue weighted by atomic mass is 10.1. The van der Waals surface area contributed by atoms with Crippen LogP contribution in [0.1, 0.15) is 10.5 Å². The number of likely N-dealkylation sites (tertiary alicyclic amines) is 1. The molecule has 0 bridgehead atoms. The van der Waals surface area contributed by atoms with E-state index in [2.05, 4.69) is 10.1 Å². The van der Waals surface area contributed by atoms with E-state index in [-0.39, 0.29) is 12.0 Å². The summed E-state index contributed by atoms with van der Waals surface area (Å²) in [5.41, 5.74) is 2.10. The molecule has 7 heteroatoms. The van der Waals surface area contributed by atoms with Crippen molar-refractivity contribution in [2.75, 3.05) is 20.2 Å². The summed E-state index contributed by atoms with van der Waals surface area (Å²) in [4.78, 5) is 18.7. The lowest BCUT2D eigenvalue weighted by Crippen LogP contribution is -2.56. The highest BCUT2D eigenvalue weighted by molar-refractivity contribution is 5.94. The number of carbonyl (C=O) groups is 1. The molecule has 1 aliphatic heterocycles. The Morgan fingerprint density at radius 3 is 2.67 bits per heavy atom. The first-order valence-corrected chi connectivity index (χ1v) is 8.70. The van der Waals surface area contributed by atoms with Crippen LogP contribution in [0.2, 0.25) is 0 Å². The minimum absolute atomic E-state index is 0.0363. The molecular formula is C20H20N4O3. The van der Waals surface area contributed by atoms with Crippen LogP contribution < -0.4 is 9.47 Å². The number of hydrogen-bond acceptors (Lipinski definition) is 5. The maximum absolute atomic E-state index is 12.8. The standard InChI is InChI=1S/C20H20N4O3/c1-23-17(11-16(22-23)15-7-3-4-8-18(15)26-2)20(25)24-12-14(13-24)27-19-9-5-6-10-21-19/h3-11,14H,12-13H2,1-2H3. The van der Waals surface area contributed by atoms with E-state index in [9.17, 15) is 4.79 Å². The molecule has 1 aromatic carbocycles. The number of hydrogen-bond donors (Lipinski definition) is 0. The Labute approximate surface area is 157 Å². The zero-order chi connectivity index (χ0) is 18.8. The predicted octanol–water partition coefficient (Wildman–Crippen LogP) is 2.39. The summed E-state index contributed by atoms with van der Waals surface area (Å²) in [5.74, 6) is 1.24. The van der Waals surface area contributed by atoms with Gasteiger partial charge >= 0.3 is 0 Å². The molecule has 0 unspecified atom stereocenters. The number of benzene rings is 1. The van der Waals surface area contributed by atoms with Crippen LogP contribution in [0, 0.1) is 0 Å². The van der Waals surface area contributed by atoms with E-state index in [1.165, 1.54) is 0 Å². The second-order valence-electron chi connectivity index (χ2n) is 6.36. The number of ether oxygens (including phenoxy) is 2. The van der Waals surface area contributed by atoms with E-state index in [4.69, 9.17) is 9.47 Å². The minimum Gasteiger partial charge on any atom is -0.496 e. The van der Waals surface area contributed by atoms with Crippen molar-refractivity contribution in [1.82, 2.24) is 19.7 Å². The summed E-state index contributed by atoms with van der Waals surface area (Å²) >= 11 is 0. The van der Waals surface area contributed by atoms with Gasteiger partial charge in [-0.2, -0.15) is 5.10 Å². The van der Waals surface area contributed by atoms with Gasteiger partial charge in [-0.05, 0) is 24.3 Å². The molecule has 1 aliphatic rings. The van der Waals surface area contributed by atoms with E-state index >= 15 is 0 Å². The molecule has 0 atom stereocenters. The molecule has 0 spiro atoms. The molecule has 1 fully saturated rings. The fourth-order valence-electron chi connectivity index (χ4n) is 3.08. The summed E-state index contributed by atoms with van der Waals surface area (Å²) < 4.78 is 12.8. The third kappa shape index (κ3) is 3.36. The molecule has 0 N–H and O–H groups in total. The predicted molar refractivity (Wildman–Crippen MR) is 99.8 cm³/mol. The van der Waals surface area contributed by atoms with Crippen LogP contribution in [0.3, 0.4) is 0 Å². The van der Waals surface area contributed by atoms with Gasteiger partial charge in [-0.1, -0.05) is 18.2 Å². The average Bonchev–Trinajstić information content (AvgIpc) is 3.06. The maximum atomic E-state index is 12.8. The highest BCUT2D eigenvalue weighted by atomic mass is 16.5. The first kappa shape index (κ1) is 17.1. The van der Waals surface area contributed by atoms with Gasteiger partial charge in [-0.3, -0.25) is 9.48 Å². The van der Waals surface area contributed by atoms with Crippen molar-refractivity contribution in [2.24, 2.45) is 7.05 Å². The van der Waals surface area contributed by atoms with Gasteiger partial charge in [0.25, 0.3) is 5.91 Å².